The molecule has 146 valence electrons. The lowest BCUT2D eigenvalue weighted by atomic mass is 10.0. The van der Waals surface area contributed by atoms with Gasteiger partial charge in [-0.15, -0.1) is 0 Å². The molecule has 0 spiro atoms. The van der Waals surface area contributed by atoms with Crippen LogP contribution in [0.25, 0.3) is 11.3 Å². The molecule has 3 aromatic rings. The van der Waals surface area contributed by atoms with Crippen molar-refractivity contribution in [1.29, 1.82) is 0 Å². The maximum Gasteiger partial charge on any atom is 0.257 e. The van der Waals surface area contributed by atoms with E-state index in [1.807, 2.05) is 0 Å². The fourth-order valence-corrected chi connectivity index (χ4v) is 2.90. The Balaban J connectivity index is 1.82. The predicted molar refractivity (Wildman–Crippen MR) is 95.3 cm³/mol. The number of aromatic nitrogens is 1. The molecular weight excluding hydrogens is 397 g/mol. The third-order valence-electron chi connectivity index (χ3n) is 4.07. The first kappa shape index (κ1) is 19.9. The molecule has 0 fully saturated rings. The number of carbonyl (C=O) groups excluding carboxylic acids is 1. The van der Waals surface area contributed by atoms with Gasteiger partial charge in [-0.05, 0) is 36.8 Å². The number of halogens is 4. The number of benzene rings is 2. The largest absolute Gasteiger partial charge is 0.387 e. The molecule has 2 N–H and O–H groups in total. The zero-order valence-corrected chi connectivity index (χ0v) is 15.2. The molecular formula is C19H14ClF3N2O3. The van der Waals surface area contributed by atoms with Gasteiger partial charge in [0.25, 0.3) is 5.91 Å². The number of carbonyl (C=O) groups is 1. The number of nitrogens with one attached hydrogen (secondary N) is 1. The molecule has 1 heterocycles. The lowest BCUT2D eigenvalue weighted by molar-refractivity contribution is 0.0915. The Kier molecular flexibility index (Phi) is 5.71. The highest BCUT2D eigenvalue weighted by Gasteiger charge is 2.25. The van der Waals surface area contributed by atoms with Crippen LogP contribution in [0.15, 0.2) is 40.9 Å². The Hall–Kier alpha value is -2.84. The minimum atomic E-state index is -1.29. The van der Waals surface area contributed by atoms with Crippen LogP contribution in [0.3, 0.4) is 0 Å². The van der Waals surface area contributed by atoms with E-state index in [4.69, 9.17) is 16.1 Å². The molecule has 2 aromatic carbocycles. The molecule has 1 aromatic heterocycles. The molecule has 0 aliphatic heterocycles. The van der Waals surface area contributed by atoms with Gasteiger partial charge in [0.05, 0.1) is 16.7 Å². The molecule has 0 bridgehead atoms. The van der Waals surface area contributed by atoms with Gasteiger partial charge in [0.15, 0.2) is 11.6 Å². The van der Waals surface area contributed by atoms with Crippen LogP contribution >= 0.6 is 11.6 Å². The lowest BCUT2D eigenvalue weighted by Gasteiger charge is -2.13. The maximum absolute atomic E-state index is 14.2. The SMILES string of the molecule is Cc1onc(-c2c(F)cccc2Cl)c1C(=O)NC[C@H](O)c1ccc(F)c(F)c1. The number of aryl methyl sites for hydroxylation is 1. The number of aliphatic hydroxyl groups is 1. The van der Waals surface area contributed by atoms with E-state index in [2.05, 4.69) is 10.5 Å². The van der Waals surface area contributed by atoms with Crippen molar-refractivity contribution in [2.75, 3.05) is 6.54 Å². The summed E-state index contributed by atoms with van der Waals surface area (Å²) >= 11 is 6.03. The second-order valence-corrected chi connectivity index (χ2v) is 6.37. The maximum atomic E-state index is 14.2. The molecule has 0 saturated carbocycles. The fourth-order valence-electron chi connectivity index (χ4n) is 2.65. The van der Waals surface area contributed by atoms with E-state index < -0.39 is 29.5 Å². The van der Waals surface area contributed by atoms with Crippen molar-refractivity contribution in [2.24, 2.45) is 0 Å². The van der Waals surface area contributed by atoms with Gasteiger partial charge in [0.1, 0.15) is 22.8 Å². The van der Waals surface area contributed by atoms with Gasteiger partial charge in [-0.3, -0.25) is 4.79 Å². The third-order valence-corrected chi connectivity index (χ3v) is 4.39. The van der Waals surface area contributed by atoms with Gasteiger partial charge in [-0.25, -0.2) is 13.2 Å². The smallest absolute Gasteiger partial charge is 0.257 e. The number of hydrogen-bond donors (Lipinski definition) is 2. The molecule has 3 rings (SSSR count). The van der Waals surface area contributed by atoms with Crippen LogP contribution in [0.1, 0.15) is 27.8 Å². The van der Waals surface area contributed by atoms with Crippen LogP contribution in [0.4, 0.5) is 13.2 Å². The highest BCUT2D eigenvalue weighted by atomic mass is 35.5. The first-order valence-electron chi connectivity index (χ1n) is 8.11. The summed E-state index contributed by atoms with van der Waals surface area (Å²) < 4.78 is 45.5. The Morgan fingerprint density at radius 1 is 1.21 bits per heavy atom. The number of aliphatic hydroxyl groups excluding tert-OH is 1. The fraction of sp³-hybridized carbons (Fsp3) is 0.158. The Labute approximate surface area is 162 Å². The van der Waals surface area contributed by atoms with Crippen LogP contribution in [-0.2, 0) is 0 Å². The second kappa shape index (κ2) is 8.04. The summed E-state index contributed by atoms with van der Waals surface area (Å²) in [5.74, 6) is -3.43. The molecule has 28 heavy (non-hydrogen) atoms. The zero-order valence-electron chi connectivity index (χ0n) is 14.5. The molecule has 1 atom stereocenters. The van der Waals surface area contributed by atoms with Gasteiger partial charge in [0, 0.05) is 6.54 Å². The number of hydrogen-bond acceptors (Lipinski definition) is 4. The highest BCUT2D eigenvalue weighted by Crippen LogP contribution is 2.33. The van der Waals surface area contributed by atoms with E-state index in [-0.39, 0.29) is 39.7 Å². The van der Waals surface area contributed by atoms with Gasteiger partial charge < -0.3 is 14.9 Å². The Morgan fingerprint density at radius 3 is 2.64 bits per heavy atom. The van der Waals surface area contributed by atoms with Gasteiger partial charge in [-0.2, -0.15) is 0 Å². The lowest BCUT2D eigenvalue weighted by Crippen LogP contribution is -2.29. The van der Waals surface area contributed by atoms with E-state index in [0.717, 1.165) is 12.1 Å². The standard InChI is InChI=1S/C19H14ClF3N2O3/c1-9-16(18(25-28-9)17-11(20)3-2-4-13(17)22)19(27)24-8-15(26)10-5-6-12(21)14(23)7-10/h2-7,15,26H,8H2,1H3,(H,24,27)/t15-/m0/s1. The van der Waals surface area contributed by atoms with Crippen molar-refractivity contribution in [3.8, 4) is 11.3 Å². The number of amides is 1. The summed E-state index contributed by atoms with van der Waals surface area (Å²) in [6, 6.07) is 6.92. The molecule has 0 radical (unpaired) electrons. The minimum Gasteiger partial charge on any atom is -0.387 e. The van der Waals surface area contributed by atoms with E-state index in [1.54, 1.807) is 0 Å². The quantitative estimate of drug-likeness (QED) is 0.661. The van der Waals surface area contributed by atoms with E-state index in [9.17, 15) is 23.1 Å². The normalized spacial score (nSPS) is 12.1. The summed E-state index contributed by atoms with van der Waals surface area (Å²) in [4.78, 5) is 12.6. The van der Waals surface area contributed by atoms with Gasteiger partial charge in [0.2, 0.25) is 0 Å². The van der Waals surface area contributed by atoms with Gasteiger partial charge in [-0.1, -0.05) is 28.9 Å². The average molecular weight is 411 g/mol. The average Bonchev–Trinajstić information content (AvgIpc) is 3.03. The molecule has 1 amide bonds. The highest BCUT2D eigenvalue weighted by molar-refractivity contribution is 6.33. The number of rotatable bonds is 5. The summed E-state index contributed by atoms with van der Waals surface area (Å²) in [6.45, 7) is 1.16. The van der Waals surface area contributed by atoms with Crippen LogP contribution in [0, 0.1) is 24.4 Å². The predicted octanol–water partition coefficient (Wildman–Crippen LogP) is 4.18. The minimum absolute atomic E-state index is 0.0455. The van der Waals surface area contributed by atoms with Gasteiger partial charge >= 0.3 is 0 Å². The topological polar surface area (TPSA) is 75.4 Å². The van der Waals surface area contributed by atoms with Crippen molar-refractivity contribution >= 4 is 17.5 Å². The monoisotopic (exact) mass is 410 g/mol. The Bertz CT molecular complexity index is 1020. The first-order chi connectivity index (χ1) is 13.3. The first-order valence-corrected chi connectivity index (χ1v) is 8.49. The van der Waals surface area contributed by atoms with Crippen LogP contribution in [0.5, 0.6) is 0 Å². The molecule has 0 aliphatic rings. The summed E-state index contributed by atoms with van der Waals surface area (Å²) in [7, 11) is 0. The van der Waals surface area contributed by atoms with Crippen molar-refractivity contribution < 1.29 is 27.6 Å². The summed E-state index contributed by atoms with van der Waals surface area (Å²) in [5.41, 5.74) is -0.143. The van der Waals surface area contributed by atoms with Crippen LogP contribution in [-0.4, -0.2) is 22.7 Å². The molecule has 9 heteroatoms. The Morgan fingerprint density at radius 2 is 1.96 bits per heavy atom. The van der Waals surface area contributed by atoms with Crippen molar-refractivity contribution in [1.82, 2.24) is 10.5 Å². The van der Waals surface area contributed by atoms with Crippen molar-refractivity contribution in [3.63, 3.8) is 0 Å². The second-order valence-electron chi connectivity index (χ2n) is 5.96. The summed E-state index contributed by atoms with van der Waals surface area (Å²) in [5, 5.41) is 16.3. The van der Waals surface area contributed by atoms with Crippen molar-refractivity contribution in [2.45, 2.75) is 13.0 Å². The molecule has 0 unspecified atom stereocenters. The summed E-state index contributed by atoms with van der Waals surface area (Å²) in [6.07, 6.45) is -1.29. The van der Waals surface area contributed by atoms with Crippen LogP contribution in [0.2, 0.25) is 5.02 Å². The van der Waals surface area contributed by atoms with E-state index in [0.29, 0.717) is 0 Å². The van der Waals surface area contributed by atoms with Crippen LogP contribution < -0.4 is 5.32 Å². The van der Waals surface area contributed by atoms with Crippen molar-refractivity contribution in [3.05, 3.63) is 75.8 Å². The molecule has 0 aliphatic carbocycles. The molecule has 0 saturated heterocycles. The third kappa shape index (κ3) is 3.88. The molecule has 5 nitrogen and oxygen atoms in total. The zero-order chi connectivity index (χ0) is 20.4. The number of nitrogens with zero attached hydrogens (tertiary/aromatic N) is 1. The van der Waals surface area contributed by atoms with E-state index in [1.165, 1.54) is 31.2 Å². The van der Waals surface area contributed by atoms with E-state index >= 15 is 0 Å².